The van der Waals surface area contributed by atoms with E-state index in [1.807, 2.05) is 20.8 Å². The summed E-state index contributed by atoms with van der Waals surface area (Å²) < 4.78 is 5.24. The molecule has 1 N–H and O–H groups in total. The van der Waals surface area contributed by atoms with E-state index in [-0.39, 0.29) is 11.6 Å². The fourth-order valence-corrected chi connectivity index (χ4v) is 2.13. The third kappa shape index (κ3) is 7.67. The molecule has 18 heavy (non-hydrogen) atoms. The van der Waals surface area contributed by atoms with E-state index in [4.69, 9.17) is 4.74 Å². The Hall–Kier alpha value is -0.610. The van der Waals surface area contributed by atoms with Gasteiger partial charge in [0.1, 0.15) is 5.60 Å². The predicted molar refractivity (Wildman–Crippen MR) is 73.6 cm³/mol. The lowest BCUT2D eigenvalue weighted by Gasteiger charge is -2.26. The van der Waals surface area contributed by atoms with Crippen molar-refractivity contribution in [1.29, 1.82) is 0 Å². The predicted octanol–water partition coefficient (Wildman–Crippen LogP) is 1.79. The van der Waals surface area contributed by atoms with Crippen LogP contribution >= 0.6 is 0 Å². The monoisotopic (exact) mass is 256 g/mol. The summed E-state index contributed by atoms with van der Waals surface area (Å²) in [5.41, 5.74) is -0.370. The first-order chi connectivity index (χ1) is 8.47. The Bertz CT molecular complexity index is 243. The summed E-state index contributed by atoms with van der Waals surface area (Å²) in [5, 5.41) is 3.31. The van der Waals surface area contributed by atoms with Crippen molar-refractivity contribution < 1.29 is 9.53 Å². The maximum Gasteiger partial charge on any atom is 0.307 e. The molecule has 4 heteroatoms. The fourth-order valence-electron chi connectivity index (χ4n) is 2.13. The highest BCUT2D eigenvalue weighted by Gasteiger charge is 2.15. The van der Waals surface area contributed by atoms with Crippen LogP contribution < -0.4 is 5.32 Å². The lowest BCUT2D eigenvalue weighted by atomic mass is 10.1. The Balaban J connectivity index is 1.96. The van der Waals surface area contributed by atoms with Gasteiger partial charge in [-0.3, -0.25) is 4.79 Å². The molecule has 1 heterocycles. The van der Waals surface area contributed by atoms with Gasteiger partial charge in [0, 0.05) is 19.6 Å². The summed E-state index contributed by atoms with van der Waals surface area (Å²) in [6.45, 7) is 10.9. The van der Waals surface area contributed by atoms with E-state index in [0.29, 0.717) is 13.0 Å². The van der Waals surface area contributed by atoms with Crippen molar-refractivity contribution in [1.82, 2.24) is 10.2 Å². The smallest absolute Gasteiger partial charge is 0.307 e. The normalized spacial score (nSPS) is 17.7. The van der Waals surface area contributed by atoms with Gasteiger partial charge >= 0.3 is 5.97 Å². The number of ether oxygens (including phenoxy) is 1. The molecule has 106 valence electrons. The van der Waals surface area contributed by atoms with Gasteiger partial charge in [-0.25, -0.2) is 0 Å². The number of hydrogen-bond acceptors (Lipinski definition) is 4. The zero-order valence-electron chi connectivity index (χ0n) is 12.1. The van der Waals surface area contributed by atoms with E-state index in [9.17, 15) is 4.79 Å². The molecule has 0 aromatic carbocycles. The van der Waals surface area contributed by atoms with Gasteiger partial charge in [-0.2, -0.15) is 0 Å². The van der Waals surface area contributed by atoms with Crippen molar-refractivity contribution in [2.75, 3.05) is 32.7 Å². The van der Waals surface area contributed by atoms with Crippen LogP contribution in [0.5, 0.6) is 0 Å². The van der Waals surface area contributed by atoms with E-state index in [1.165, 1.54) is 32.4 Å². The van der Waals surface area contributed by atoms with Crippen LogP contribution in [0, 0.1) is 0 Å². The lowest BCUT2D eigenvalue weighted by Crippen LogP contribution is -2.36. The van der Waals surface area contributed by atoms with E-state index in [0.717, 1.165) is 13.1 Å². The molecule has 0 aromatic rings. The Morgan fingerprint density at radius 2 is 1.83 bits per heavy atom. The Labute approximate surface area is 111 Å². The topological polar surface area (TPSA) is 41.6 Å². The maximum atomic E-state index is 11.5. The number of rotatable bonds is 6. The number of piperidine rings is 1. The van der Waals surface area contributed by atoms with Gasteiger partial charge in [-0.05, 0) is 46.7 Å². The molecule has 4 nitrogen and oxygen atoms in total. The Kier molecular flexibility index (Phi) is 6.65. The third-order valence-electron chi connectivity index (χ3n) is 2.98. The fraction of sp³-hybridized carbons (Fsp3) is 0.929. The van der Waals surface area contributed by atoms with Crippen LogP contribution in [-0.4, -0.2) is 49.2 Å². The highest BCUT2D eigenvalue weighted by molar-refractivity contribution is 5.70. The van der Waals surface area contributed by atoms with Crippen LogP contribution in [-0.2, 0) is 9.53 Å². The summed E-state index contributed by atoms with van der Waals surface area (Å²) in [7, 11) is 0. The van der Waals surface area contributed by atoms with Gasteiger partial charge in [0.25, 0.3) is 0 Å². The molecule has 1 aliphatic rings. The molecular weight excluding hydrogens is 228 g/mol. The number of likely N-dealkylation sites (tertiary alicyclic amines) is 1. The summed E-state index contributed by atoms with van der Waals surface area (Å²) >= 11 is 0. The molecule has 1 aliphatic heterocycles. The summed E-state index contributed by atoms with van der Waals surface area (Å²) in [6, 6.07) is 0. The van der Waals surface area contributed by atoms with Gasteiger partial charge in [-0.15, -0.1) is 0 Å². The molecule has 1 rings (SSSR count). The average molecular weight is 256 g/mol. The van der Waals surface area contributed by atoms with E-state index < -0.39 is 0 Å². The summed E-state index contributed by atoms with van der Waals surface area (Å²) in [6.07, 6.45) is 4.50. The van der Waals surface area contributed by atoms with Crippen LogP contribution in [0.15, 0.2) is 0 Å². The molecule has 0 radical (unpaired) electrons. The molecular formula is C14H28N2O2. The highest BCUT2D eigenvalue weighted by atomic mass is 16.6. The van der Waals surface area contributed by atoms with Crippen molar-refractivity contribution >= 4 is 5.97 Å². The molecule has 0 atom stereocenters. The second-order valence-electron chi connectivity index (χ2n) is 5.99. The minimum absolute atomic E-state index is 0.118. The SMILES string of the molecule is CC(C)(C)OC(=O)CCNCCN1CCCCC1. The average Bonchev–Trinajstić information content (AvgIpc) is 2.27. The first-order valence-electron chi connectivity index (χ1n) is 7.12. The van der Waals surface area contributed by atoms with Crippen molar-refractivity contribution in [3.8, 4) is 0 Å². The first-order valence-corrected chi connectivity index (χ1v) is 7.12. The van der Waals surface area contributed by atoms with Crippen molar-refractivity contribution in [3.05, 3.63) is 0 Å². The molecule has 0 aliphatic carbocycles. The van der Waals surface area contributed by atoms with Gasteiger partial charge in [0.05, 0.1) is 6.42 Å². The van der Waals surface area contributed by atoms with Crippen LogP contribution in [0.25, 0.3) is 0 Å². The van der Waals surface area contributed by atoms with E-state index in [1.54, 1.807) is 0 Å². The van der Waals surface area contributed by atoms with Crippen LogP contribution in [0.4, 0.5) is 0 Å². The largest absolute Gasteiger partial charge is 0.460 e. The second kappa shape index (κ2) is 7.74. The standard InChI is InChI=1S/C14H28N2O2/c1-14(2,3)18-13(17)7-8-15-9-12-16-10-5-4-6-11-16/h15H,4-12H2,1-3H3. The van der Waals surface area contributed by atoms with Crippen molar-refractivity contribution in [2.24, 2.45) is 0 Å². The third-order valence-corrected chi connectivity index (χ3v) is 2.98. The minimum atomic E-state index is -0.370. The second-order valence-corrected chi connectivity index (χ2v) is 5.99. The molecule has 0 amide bonds. The molecule has 0 unspecified atom stereocenters. The molecule has 0 aromatic heterocycles. The van der Waals surface area contributed by atoms with Gasteiger partial charge < -0.3 is 15.0 Å². The zero-order chi connectivity index (χ0) is 13.4. The molecule has 1 fully saturated rings. The van der Waals surface area contributed by atoms with Crippen LogP contribution in [0.1, 0.15) is 46.5 Å². The molecule has 0 spiro atoms. The molecule has 1 saturated heterocycles. The number of esters is 1. The maximum absolute atomic E-state index is 11.5. The summed E-state index contributed by atoms with van der Waals surface area (Å²) in [4.78, 5) is 13.9. The number of carbonyl (C=O) groups excluding carboxylic acids is 1. The quantitative estimate of drug-likeness (QED) is 0.581. The molecule has 0 saturated carbocycles. The number of hydrogen-bond donors (Lipinski definition) is 1. The Morgan fingerprint density at radius 3 is 2.44 bits per heavy atom. The number of nitrogens with one attached hydrogen (secondary N) is 1. The van der Waals surface area contributed by atoms with Gasteiger partial charge in [0.15, 0.2) is 0 Å². The summed E-state index contributed by atoms with van der Waals surface area (Å²) in [5.74, 6) is -0.118. The lowest BCUT2D eigenvalue weighted by molar-refractivity contribution is -0.154. The molecule has 0 bridgehead atoms. The van der Waals surface area contributed by atoms with Crippen molar-refractivity contribution in [2.45, 2.75) is 52.1 Å². The van der Waals surface area contributed by atoms with Crippen molar-refractivity contribution in [3.63, 3.8) is 0 Å². The highest BCUT2D eigenvalue weighted by Crippen LogP contribution is 2.08. The zero-order valence-corrected chi connectivity index (χ0v) is 12.1. The Morgan fingerprint density at radius 1 is 1.17 bits per heavy atom. The first kappa shape index (κ1) is 15.4. The van der Waals surface area contributed by atoms with Gasteiger partial charge in [-0.1, -0.05) is 6.42 Å². The number of carbonyl (C=O) groups is 1. The van der Waals surface area contributed by atoms with E-state index >= 15 is 0 Å². The minimum Gasteiger partial charge on any atom is -0.460 e. The van der Waals surface area contributed by atoms with Crippen LogP contribution in [0.3, 0.4) is 0 Å². The van der Waals surface area contributed by atoms with Gasteiger partial charge in [0.2, 0.25) is 0 Å². The number of nitrogens with zero attached hydrogens (tertiary/aromatic N) is 1. The van der Waals surface area contributed by atoms with E-state index in [2.05, 4.69) is 10.2 Å². The van der Waals surface area contributed by atoms with Crippen LogP contribution in [0.2, 0.25) is 0 Å².